The molecule has 24 heavy (non-hydrogen) atoms. The van der Waals surface area contributed by atoms with Gasteiger partial charge in [0.1, 0.15) is 6.04 Å². The predicted octanol–water partition coefficient (Wildman–Crippen LogP) is -1.21. The fourth-order valence-corrected chi connectivity index (χ4v) is 3.62. The molecule has 0 radical (unpaired) electrons. The van der Waals surface area contributed by atoms with Crippen LogP contribution in [0.25, 0.3) is 0 Å². The van der Waals surface area contributed by atoms with Gasteiger partial charge in [-0.2, -0.15) is 13.5 Å². The number of piperidine rings is 2. The Kier molecular flexibility index (Phi) is 4.92. The van der Waals surface area contributed by atoms with Crippen molar-refractivity contribution in [1.29, 1.82) is 0 Å². The number of amides is 3. The summed E-state index contributed by atoms with van der Waals surface area (Å²) in [6.07, 6.45) is 2.23. The van der Waals surface area contributed by atoms with Crippen LogP contribution in [0.15, 0.2) is 0 Å². The lowest BCUT2D eigenvalue weighted by molar-refractivity contribution is -0.145. The van der Waals surface area contributed by atoms with Gasteiger partial charge in [-0.05, 0) is 38.8 Å². The molecular weight excluding hydrogens is 344 g/mol. The molecule has 0 spiro atoms. The number of hydroxylamine groups is 3. The van der Waals surface area contributed by atoms with E-state index in [0.29, 0.717) is 17.9 Å². The molecule has 3 saturated heterocycles. The van der Waals surface area contributed by atoms with Crippen LogP contribution >= 0.6 is 0 Å². The molecule has 3 fully saturated rings. The van der Waals surface area contributed by atoms with Crippen molar-refractivity contribution >= 4 is 22.3 Å². The van der Waals surface area contributed by atoms with E-state index in [1.54, 1.807) is 0 Å². The summed E-state index contributed by atoms with van der Waals surface area (Å²) in [4.78, 5) is 31.1. The van der Waals surface area contributed by atoms with Crippen LogP contribution in [0.1, 0.15) is 25.7 Å². The van der Waals surface area contributed by atoms with E-state index in [1.165, 1.54) is 4.90 Å². The van der Waals surface area contributed by atoms with Crippen molar-refractivity contribution in [3.63, 3.8) is 0 Å². The van der Waals surface area contributed by atoms with Crippen molar-refractivity contribution in [1.82, 2.24) is 20.8 Å². The topological polar surface area (TPSA) is 138 Å². The third kappa shape index (κ3) is 3.78. The van der Waals surface area contributed by atoms with Crippen molar-refractivity contribution in [3.05, 3.63) is 0 Å². The molecule has 3 aliphatic rings. The highest BCUT2D eigenvalue weighted by atomic mass is 32.3. The van der Waals surface area contributed by atoms with Crippen LogP contribution < -0.4 is 10.8 Å². The summed E-state index contributed by atoms with van der Waals surface area (Å²) in [5, 5.41) is 3.79. The molecule has 0 unspecified atom stereocenters. The normalized spacial score (nSPS) is 28.3. The fourth-order valence-electron chi connectivity index (χ4n) is 3.23. The zero-order valence-corrected chi connectivity index (χ0v) is 13.7. The third-order valence-corrected chi connectivity index (χ3v) is 4.76. The van der Waals surface area contributed by atoms with Gasteiger partial charge in [-0.3, -0.25) is 14.2 Å². The van der Waals surface area contributed by atoms with Gasteiger partial charge < -0.3 is 10.2 Å². The van der Waals surface area contributed by atoms with Gasteiger partial charge in [0.25, 0.3) is 5.91 Å². The molecule has 0 saturated carbocycles. The summed E-state index contributed by atoms with van der Waals surface area (Å²) >= 11 is 0. The first-order valence-electron chi connectivity index (χ1n) is 7.78. The minimum atomic E-state index is -4.79. The van der Waals surface area contributed by atoms with Crippen LogP contribution in [0.2, 0.25) is 0 Å². The number of hydrogen-bond donors (Lipinski definition) is 3. The second-order valence-electron chi connectivity index (χ2n) is 6.04. The first kappa shape index (κ1) is 17.4. The van der Waals surface area contributed by atoms with E-state index < -0.39 is 34.4 Å². The van der Waals surface area contributed by atoms with Gasteiger partial charge in [0.2, 0.25) is 0 Å². The number of hydrogen-bond acceptors (Lipinski definition) is 7. The van der Waals surface area contributed by atoms with Crippen molar-refractivity contribution < 1.29 is 31.7 Å². The maximum absolute atomic E-state index is 12.3. The molecule has 2 bridgehead atoms. The summed E-state index contributed by atoms with van der Waals surface area (Å²) in [5.41, 5.74) is 2.40. The number of carbonyl (C=O) groups excluding carboxylic acids is 2. The van der Waals surface area contributed by atoms with E-state index in [0.717, 1.165) is 25.9 Å². The SMILES string of the molecule is O=C(NOC1CCNCC1)[C@H]1CC[C@H]2CN1C(=O)N2OS(=O)(=O)O. The summed E-state index contributed by atoms with van der Waals surface area (Å²) in [6.45, 7) is 1.79. The molecule has 3 N–H and O–H groups in total. The van der Waals surface area contributed by atoms with E-state index in [2.05, 4.69) is 15.1 Å². The molecule has 3 heterocycles. The van der Waals surface area contributed by atoms with Crippen LogP contribution in [0.3, 0.4) is 0 Å². The predicted molar refractivity (Wildman–Crippen MR) is 78.5 cm³/mol. The monoisotopic (exact) mass is 364 g/mol. The van der Waals surface area contributed by atoms with Crippen LogP contribution in [0, 0.1) is 0 Å². The molecule has 3 aliphatic heterocycles. The van der Waals surface area contributed by atoms with Crippen molar-refractivity contribution in [2.45, 2.75) is 43.9 Å². The molecule has 0 aromatic heterocycles. The summed E-state index contributed by atoms with van der Waals surface area (Å²) in [6, 6.07) is -2.04. The second-order valence-corrected chi connectivity index (χ2v) is 7.05. The maximum atomic E-state index is 12.3. The molecule has 3 rings (SSSR count). The molecule has 3 amide bonds. The smallest absolute Gasteiger partial charge is 0.317 e. The Morgan fingerprint density at radius 3 is 2.62 bits per heavy atom. The molecule has 0 aliphatic carbocycles. The number of carbonyl (C=O) groups is 2. The number of urea groups is 1. The lowest BCUT2D eigenvalue weighted by Crippen LogP contribution is -2.50. The summed E-state index contributed by atoms with van der Waals surface area (Å²) < 4.78 is 34.7. The molecule has 0 aromatic rings. The molecule has 2 atom stereocenters. The molecule has 0 aromatic carbocycles. The van der Waals surface area contributed by atoms with Gasteiger partial charge in [0, 0.05) is 6.54 Å². The fraction of sp³-hybridized carbons (Fsp3) is 0.833. The number of rotatable bonds is 5. The first-order valence-corrected chi connectivity index (χ1v) is 9.15. The Bertz CT molecular complexity index is 607. The highest BCUT2D eigenvalue weighted by molar-refractivity contribution is 7.80. The van der Waals surface area contributed by atoms with Crippen LogP contribution in [0.4, 0.5) is 4.79 Å². The summed E-state index contributed by atoms with van der Waals surface area (Å²) in [7, 11) is -4.79. The van der Waals surface area contributed by atoms with E-state index in [9.17, 15) is 18.0 Å². The van der Waals surface area contributed by atoms with Gasteiger partial charge in [-0.15, -0.1) is 4.28 Å². The zero-order valence-electron chi connectivity index (χ0n) is 12.9. The average Bonchev–Trinajstić information content (AvgIpc) is 2.77. The van der Waals surface area contributed by atoms with E-state index in [4.69, 9.17) is 9.39 Å². The van der Waals surface area contributed by atoms with E-state index in [-0.39, 0.29) is 12.6 Å². The van der Waals surface area contributed by atoms with Crippen LogP contribution in [-0.2, 0) is 24.3 Å². The second kappa shape index (κ2) is 6.80. The van der Waals surface area contributed by atoms with Crippen LogP contribution in [0.5, 0.6) is 0 Å². The van der Waals surface area contributed by atoms with Crippen molar-refractivity contribution in [2.24, 2.45) is 0 Å². The highest BCUT2D eigenvalue weighted by Crippen LogP contribution is 2.30. The Hall–Kier alpha value is -1.47. The van der Waals surface area contributed by atoms with Crippen molar-refractivity contribution in [2.75, 3.05) is 19.6 Å². The first-order chi connectivity index (χ1) is 11.3. The average molecular weight is 364 g/mol. The van der Waals surface area contributed by atoms with Crippen molar-refractivity contribution in [3.8, 4) is 0 Å². The third-order valence-electron chi connectivity index (χ3n) is 4.41. The lowest BCUT2D eigenvalue weighted by Gasteiger charge is -2.30. The quantitative estimate of drug-likeness (QED) is 0.408. The van der Waals surface area contributed by atoms with Gasteiger partial charge in [-0.25, -0.2) is 10.3 Å². The molecular formula is C12H20N4O7S. The molecule has 11 nitrogen and oxygen atoms in total. The zero-order chi connectivity index (χ0) is 17.3. The Labute approximate surface area is 139 Å². The standard InChI is InChI=1S/C12H20N4O7S/c17-11(14-22-9-3-5-13-6-4-9)10-2-1-8-7-15(10)12(18)16(8)23-24(19,20)21/h8-10,13H,1-7H2,(H,14,17)(H,19,20,21)/t8-,10+/m0/s1. The Balaban J connectivity index is 1.58. The van der Waals surface area contributed by atoms with Gasteiger partial charge in [-0.1, -0.05) is 0 Å². The largest absolute Gasteiger partial charge is 0.418 e. The Morgan fingerprint density at radius 1 is 1.25 bits per heavy atom. The van der Waals surface area contributed by atoms with Gasteiger partial charge >= 0.3 is 16.4 Å². The number of fused-ring (bicyclic) bond motifs is 2. The molecule has 12 heteroatoms. The van der Waals surface area contributed by atoms with Gasteiger partial charge in [0.15, 0.2) is 0 Å². The lowest BCUT2D eigenvalue weighted by atomic mass is 10.0. The number of nitrogens with zero attached hydrogens (tertiary/aromatic N) is 2. The molecule has 136 valence electrons. The maximum Gasteiger partial charge on any atom is 0.418 e. The summed E-state index contributed by atoms with van der Waals surface area (Å²) in [5.74, 6) is -0.450. The van der Waals surface area contributed by atoms with Crippen LogP contribution in [-0.4, -0.2) is 72.7 Å². The van der Waals surface area contributed by atoms with E-state index in [1.807, 2.05) is 0 Å². The Morgan fingerprint density at radius 2 is 1.96 bits per heavy atom. The van der Waals surface area contributed by atoms with E-state index >= 15 is 0 Å². The highest BCUT2D eigenvalue weighted by Gasteiger charge is 2.49. The number of nitrogens with one attached hydrogen (secondary N) is 2. The van der Waals surface area contributed by atoms with Gasteiger partial charge in [0.05, 0.1) is 12.1 Å². The minimum Gasteiger partial charge on any atom is -0.317 e. The minimum absolute atomic E-state index is 0.0693.